The fourth-order valence-electron chi connectivity index (χ4n) is 1.67. The Balaban J connectivity index is 2.16. The highest BCUT2D eigenvalue weighted by Crippen LogP contribution is 2.24. The van der Waals surface area contributed by atoms with Crippen molar-refractivity contribution in [2.45, 2.75) is 20.5 Å². The van der Waals surface area contributed by atoms with Gasteiger partial charge in [-0.05, 0) is 49.2 Å². The van der Waals surface area contributed by atoms with Crippen LogP contribution in [0.4, 0.5) is 0 Å². The summed E-state index contributed by atoms with van der Waals surface area (Å²) in [6.07, 6.45) is 0. The monoisotopic (exact) mass is 280 g/mol. The van der Waals surface area contributed by atoms with E-state index in [0.29, 0.717) is 16.7 Å². The Labute approximate surface area is 117 Å². The predicted octanol–water partition coefficient (Wildman–Crippen LogP) is 5.19. The molecule has 0 aliphatic heterocycles. The fraction of sp³-hybridized carbons (Fsp3) is 0.200. The molecular formula is C15H14Cl2O. The molecule has 0 saturated carbocycles. The van der Waals surface area contributed by atoms with Crippen LogP contribution in [0.5, 0.6) is 5.75 Å². The molecule has 0 aromatic heterocycles. The molecule has 94 valence electrons. The maximum absolute atomic E-state index is 6.09. The number of halogens is 2. The number of hydrogen-bond donors (Lipinski definition) is 0. The van der Waals surface area contributed by atoms with Crippen molar-refractivity contribution in [3.05, 3.63) is 63.1 Å². The lowest BCUT2D eigenvalue weighted by Gasteiger charge is -2.11. The van der Waals surface area contributed by atoms with E-state index in [1.165, 1.54) is 5.56 Å². The minimum Gasteiger partial charge on any atom is -0.489 e. The van der Waals surface area contributed by atoms with Gasteiger partial charge in [0, 0.05) is 15.6 Å². The predicted molar refractivity (Wildman–Crippen MR) is 76.7 cm³/mol. The molecule has 0 aliphatic rings. The summed E-state index contributed by atoms with van der Waals surface area (Å²) in [6.45, 7) is 4.48. The molecule has 0 radical (unpaired) electrons. The summed E-state index contributed by atoms with van der Waals surface area (Å²) in [4.78, 5) is 0. The topological polar surface area (TPSA) is 9.23 Å². The van der Waals surface area contributed by atoms with Gasteiger partial charge in [-0.1, -0.05) is 35.3 Å². The number of hydrogen-bond acceptors (Lipinski definition) is 1. The molecule has 2 rings (SSSR count). The Morgan fingerprint density at radius 1 is 1.00 bits per heavy atom. The number of benzene rings is 2. The fourth-order valence-corrected chi connectivity index (χ4v) is 2.04. The lowest BCUT2D eigenvalue weighted by Crippen LogP contribution is -1.98. The van der Waals surface area contributed by atoms with Gasteiger partial charge in [0.2, 0.25) is 0 Å². The maximum atomic E-state index is 6.09. The third-order valence-electron chi connectivity index (χ3n) is 2.73. The van der Waals surface area contributed by atoms with E-state index in [1.54, 1.807) is 12.1 Å². The first kappa shape index (κ1) is 13.3. The van der Waals surface area contributed by atoms with Crippen molar-refractivity contribution in [2.75, 3.05) is 0 Å². The second-order valence-electron chi connectivity index (χ2n) is 4.29. The molecule has 0 aliphatic carbocycles. The normalized spacial score (nSPS) is 10.4. The average Bonchev–Trinajstić information content (AvgIpc) is 2.34. The van der Waals surface area contributed by atoms with Crippen LogP contribution in [-0.4, -0.2) is 0 Å². The zero-order chi connectivity index (χ0) is 13.1. The van der Waals surface area contributed by atoms with E-state index in [1.807, 2.05) is 32.0 Å². The SMILES string of the molecule is Cc1ccc(C)c(OCc2cc(Cl)ccc2Cl)c1. The van der Waals surface area contributed by atoms with Crippen LogP contribution in [0.3, 0.4) is 0 Å². The van der Waals surface area contributed by atoms with E-state index < -0.39 is 0 Å². The van der Waals surface area contributed by atoms with Gasteiger partial charge in [-0.3, -0.25) is 0 Å². The van der Waals surface area contributed by atoms with Gasteiger partial charge < -0.3 is 4.74 Å². The molecule has 2 aromatic carbocycles. The summed E-state index contributed by atoms with van der Waals surface area (Å²) in [5.41, 5.74) is 3.18. The summed E-state index contributed by atoms with van der Waals surface area (Å²) in [5.74, 6) is 0.881. The Morgan fingerprint density at radius 2 is 1.78 bits per heavy atom. The first-order chi connectivity index (χ1) is 8.56. The largest absolute Gasteiger partial charge is 0.489 e. The summed E-state index contributed by atoms with van der Waals surface area (Å²) < 4.78 is 5.80. The third-order valence-corrected chi connectivity index (χ3v) is 3.34. The summed E-state index contributed by atoms with van der Waals surface area (Å²) in [6, 6.07) is 11.5. The van der Waals surface area contributed by atoms with E-state index in [9.17, 15) is 0 Å². The van der Waals surface area contributed by atoms with Gasteiger partial charge in [0.05, 0.1) is 0 Å². The van der Waals surface area contributed by atoms with Crippen molar-refractivity contribution >= 4 is 23.2 Å². The first-order valence-corrected chi connectivity index (χ1v) is 6.46. The van der Waals surface area contributed by atoms with Crippen LogP contribution in [-0.2, 0) is 6.61 Å². The van der Waals surface area contributed by atoms with Crippen LogP contribution < -0.4 is 4.74 Å². The van der Waals surface area contributed by atoms with Crippen molar-refractivity contribution in [1.82, 2.24) is 0 Å². The maximum Gasteiger partial charge on any atom is 0.122 e. The first-order valence-electron chi connectivity index (χ1n) is 5.70. The smallest absolute Gasteiger partial charge is 0.122 e. The van der Waals surface area contributed by atoms with E-state index in [-0.39, 0.29) is 0 Å². The molecule has 1 nitrogen and oxygen atoms in total. The van der Waals surface area contributed by atoms with E-state index in [4.69, 9.17) is 27.9 Å². The molecule has 2 aromatic rings. The van der Waals surface area contributed by atoms with Gasteiger partial charge in [0.1, 0.15) is 12.4 Å². The van der Waals surface area contributed by atoms with Crippen molar-refractivity contribution in [3.63, 3.8) is 0 Å². The van der Waals surface area contributed by atoms with Crippen LogP contribution in [0.2, 0.25) is 10.0 Å². The van der Waals surface area contributed by atoms with Gasteiger partial charge in [-0.15, -0.1) is 0 Å². The van der Waals surface area contributed by atoms with Crippen molar-refractivity contribution in [2.24, 2.45) is 0 Å². The van der Waals surface area contributed by atoms with Crippen LogP contribution in [0.25, 0.3) is 0 Å². The quantitative estimate of drug-likeness (QED) is 0.752. The average molecular weight is 281 g/mol. The second-order valence-corrected chi connectivity index (χ2v) is 5.14. The zero-order valence-electron chi connectivity index (χ0n) is 10.3. The van der Waals surface area contributed by atoms with Gasteiger partial charge in [0.15, 0.2) is 0 Å². The molecule has 0 unspecified atom stereocenters. The Hall–Kier alpha value is -1.18. The zero-order valence-corrected chi connectivity index (χ0v) is 11.8. The number of ether oxygens (including phenoxy) is 1. The van der Waals surface area contributed by atoms with E-state index in [0.717, 1.165) is 16.9 Å². The summed E-state index contributed by atoms with van der Waals surface area (Å²) in [7, 11) is 0. The lowest BCUT2D eigenvalue weighted by atomic mass is 10.1. The van der Waals surface area contributed by atoms with Crippen molar-refractivity contribution in [1.29, 1.82) is 0 Å². The highest BCUT2D eigenvalue weighted by atomic mass is 35.5. The number of rotatable bonds is 3. The Morgan fingerprint density at radius 3 is 2.56 bits per heavy atom. The van der Waals surface area contributed by atoms with Gasteiger partial charge in [-0.25, -0.2) is 0 Å². The minimum absolute atomic E-state index is 0.420. The van der Waals surface area contributed by atoms with Gasteiger partial charge >= 0.3 is 0 Å². The Bertz CT molecular complexity index is 513. The third kappa shape index (κ3) is 3.18. The molecular weight excluding hydrogens is 267 g/mol. The molecule has 0 spiro atoms. The second kappa shape index (κ2) is 5.64. The van der Waals surface area contributed by atoms with Crippen molar-refractivity contribution < 1.29 is 4.74 Å². The molecule has 0 N–H and O–H groups in total. The highest BCUT2D eigenvalue weighted by molar-refractivity contribution is 6.33. The molecule has 0 atom stereocenters. The van der Waals surface area contributed by atoms with Gasteiger partial charge in [0.25, 0.3) is 0 Å². The molecule has 0 bridgehead atoms. The Kier molecular flexibility index (Phi) is 4.15. The van der Waals surface area contributed by atoms with E-state index in [2.05, 4.69) is 6.07 Å². The van der Waals surface area contributed by atoms with Gasteiger partial charge in [-0.2, -0.15) is 0 Å². The van der Waals surface area contributed by atoms with Crippen LogP contribution in [0, 0.1) is 13.8 Å². The molecule has 3 heteroatoms. The van der Waals surface area contributed by atoms with Crippen LogP contribution in [0.15, 0.2) is 36.4 Å². The summed E-state index contributed by atoms with van der Waals surface area (Å²) in [5, 5.41) is 1.34. The molecule has 0 saturated heterocycles. The molecule has 0 amide bonds. The summed E-state index contributed by atoms with van der Waals surface area (Å²) >= 11 is 12.0. The lowest BCUT2D eigenvalue weighted by molar-refractivity contribution is 0.304. The number of aryl methyl sites for hydroxylation is 2. The van der Waals surface area contributed by atoms with Crippen molar-refractivity contribution in [3.8, 4) is 5.75 Å². The van der Waals surface area contributed by atoms with Crippen LogP contribution in [0.1, 0.15) is 16.7 Å². The van der Waals surface area contributed by atoms with Crippen LogP contribution >= 0.6 is 23.2 Å². The molecule has 0 heterocycles. The standard InChI is InChI=1S/C15H14Cl2O/c1-10-3-4-11(2)15(7-10)18-9-12-8-13(16)5-6-14(12)17/h3-8H,9H2,1-2H3. The van der Waals surface area contributed by atoms with E-state index >= 15 is 0 Å². The molecule has 0 fully saturated rings. The highest BCUT2D eigenvalue weighted by Gasteiger charge is 2.04. The minimum atomic E-state index is 0.420. The molecule has 18 heavy (non-hydrogen) atoms.